The Balaban J connectivity index is 0.00000121. The van der Waals surface area contributed by atoms with Crippen molar-refractivity contribution in [1.29, 1.82) is 0 Å². The van der Waals surface area contributed by atoms with E-state index in [1.54, 1.807) is 6.07 Å². The lowest BCUT2D eigenvalue weighted by molar-refractivity contribution is 0.0818. The summed E-state index contributed by atoms with van der Waals surface area (Å²) in [5, 5.41) is 13.7. The van der Waals surface area contributed by atoms with Gasteiger partial charge in [0, 0.05) is 37.8 Å². The van der Waals surface area contributed by atoms with Crippen LogP contribution in [0.25, 0.3) is 0 Å². The first-order valence-electron chi connectivity index (χ1n) is 7.30. The first kappa shape index (κ1) is 20.0. The van der Waals surface area contributed by atoms with Gasteiger partial charge >= 0.3 is 0 Å². The third kappa shape index (κ3) is 3.88. The third-order valence-corrected chi connectivity index (χ3v) is 5.31. The van der Waals surface area contributed by atoms with E-state index in [1.807, 2.05) is 0 Å². The van der Waals surface area contributed by atoms with Gasteiger partial charge in [0.05, 0.1) is 4.47 Å². The summed E-state index contributed by atoms with van der Waals surface area (Å²) in [6, 6.07) is 3.41. The molecule has 1 aromatic rings. The number of halogens is 4. The molecule has 0 bridgehead atoms. The lowest BCUT2D eigenvalue weighted by Gasteiger charge is -2.43. The van der Waals surface area contributed by atoms with Crippen LogP contribution < -0.4 is 5.32 Å². The monoisotopic (exact) mass is 414 g/mol. The van der Waals surface area contributed by atoms with E-state index in [1.165, 1.54) is 25.3 Å². The van der Waals surface area contributed by atoms with Gasteiger partial charge in [0.25, 0.3) is 0 Å². The first-order valence-corrected chi connectivity index (χ1v) is 8.09. The molecule has 0 unspecified atom stereocenters. The molecule has 2 fully saturated rings. The molecule has 1 saturated heterocycles. The molecule has 2 N–H and O–H groups in total. The highest BCUT2D eigenvalue weighted by molar-refractivity contribution is 9.10. The maximum atomic E-state index is 13.5. The third-order valence-electron chi connectivity index (χ3n) is 4.56. The van der Waals surface area contributed by atoms with Crippen molar-refractivity contribution in [3.63, 3.8) is 0 Å². The van der Waals surface area contributed by atoms with E-state index < -0.39 is 5.82 Å². The van der Waals surface area contributed by atoms with Gasteiger partial charge in [-0.25, -0.2) is 4.39 Å². The Morgan fingerprint density at radius 3 is 2.41 bits per heavy atom. The molecule has 126 valence electrons. The van der Waals surface area contributed by atoms with Crippen LogP contribution >= 0.6 is 40.7 Å². The molecule has 2 aliphatic rings. The summed E-state index contributed by atoms with van der Waals surface area (Å²) in [6.45, 7) is 3.92. The molecule has 1 heterocycles. The van der Waals surface area contributed by atoms with E-state index in [0.717, 1.165) is 31.7 Å². The van der Waals surface area contributed by atoms with Gasteiger partial charge in [0.1, 0.15) is 11.6 Å². The van der Waals surface area contributed by atoms with Gasteiger partial charge in [-0.3, -0.25) is 4.90 Å². The van der Waals surface area contributed by atoms with Crippen LogP contribution in [0.15, 0.2) is 16.6 Å². The van der Waals surface area contributed by atoms with Crippen molar-refractivity contribution in [2.75, 3.05) is 26.2 Å². The Hall–Kier alpha value is -0.0700. The number of hydrogen-bond donors (Lipinski definition) is 2. The predicted molar refractivity (Wildman–Crippen MR) is 94.8 cm³/mol. The van der Waals surface area contributed by atoms with Crippen molar-refractivity contribution in [3.8, 4) is 5.75 Å². The molecule has 3 rings (SSSR count). The molecule has 1 aromatic carbocycles. The summed E-state index contributed by atoms with van der Waals surface area (Å²) in [6.07, 6.45) is 3.66. The quantitative estimate of drug-likeness (QED) is 0.786. The van der Waals surface area contributed by atoms with Crippen LogP contribution in [0.1, 0.15) is 30.9 Å². The summed E-state index contributed by atoms with van der Waals surface area (Å²) < 4.78 is 13.7. The van der Waals surface area contributed by atoms with Crippen LogP contribution in [0.5, 0.6) is 5.75 Å². The zero-order chi connectivity index (χ0) is 14.1. The van der Waals surface area contributed by atoms with Crippen LogP contribution in [-0.2, 0) is 0 Å². The Morgan fingerprint density at radius 1 is 1.23 bits per heavy atom. The van der Waals surface area contributed by atoms with E-state index in [2.05, 4.69) is 26.1 Å². The summed E-state index contributed by atoms with van der Waals surface area (Å²) in [7, 11) is 0. The molecule has 0 amide bonds. The van der Waals surface area contributed by atoms with E-state index in [9.17, 15) is 9.50 Å². The highest BCUT2D eigenvalue weighted by Crippen LogP contribution is 2.46. The van der Waals surface area contributed by atoms with Crippen LogP contribution in [0, 0.1) is 11.7 Å². The largest absolute Gasteiger partial charge is 0.506 e. The lowest BCUT2D eigenvalue weighted by atomic mass is 9.76. The number of hydrogen-bond acceptors (Lipinski definition) is 3. The highest BCUT2D eigenvalue weighted by Gasteiger charge is 2.35. The molecule has 7 heteroatoms. The fraction of sp³-hybridized carbons (Fsp3) is 0.600. The Morgan fingerprint density at radius 2 is 1.86 bits per heavy atom. The molecule has 0 spiro atoms. The zero-order valence-electron chi connectivity index (χ0n) is 12.2. The fourth-order valence-corrected chi connectivity index (χ4v) is 3.62. The second-order valence-electron chi connectivity index (χ2n) is 5.72. The van der Waals surface area contributed by atoms with Crippen LogP contribution in [0.3, 0.4) is 0 Å². The van der Waals surface area contributed by atoms with Gasteiger partial charge in [0.2, 0.25) is 0 Å². The van der Waals surface area contributed by atoms with Crippen LogP contribution in [0.4, 0.5) is 4.39 Å². The van der Waals surface area contributed by atoms with Crippen molar-refractivity contribution >= 4 is 40.7 Å². The van der Waals surface area contributed by atoms with Crippen LogP contribution in [0.2, 0.25) is 0 Å². The van der Waals surface area contributed by atoms with E-state index in [0.29, 0.717) is 5.92 Å². The molecule has 0 aromatic heterocycles. The summed E-state index contributed by atoms with van der Waals surface area (Å²) in [5.41, 5.74) is 0.866. The molecular weight excluding hydrogens is 394 g/mol. The normalized spacial score (nSPS) is 20.5. The van der Waals surface area contributed by atoms with Gasteiger partial charge in [0.15, 0.2) is 0 Å². The van der Waals surface area contributed by atoms with Gasteiger partial charge < -0.3 is 10.4 Å². The van der Waals surface area contributed by atoms with Crippen molar-refractivity contribution in [2.24, 2.45) is 5.92 Å². The second-order valence-corrected chi connectivity index (χ2v) is 6.51. The minimum absolute atomic E-state index is 0. The minimum atomic E-state index is -0.404. The number of nitrogens with one attached hydrogen (secondary N) is 1. The zero-order valence-corrected chi connectivity index (χ0v) is 15.4. The molecule has 1 atom stereocenters. The van der Waals surface area contributed by atoms with E-state index >= 15 is 0 Å². The Labute approximate surface area is 151 Å². The number of rotatable bonds is 3. The first-order chi connectivity index (χ1) is 9.68. The number of piperazine rings is 1. The molecule has 22 heavy (non-hydrogen) atoms. The van der Waals surface area contributed by atoms with Crippen molar-refractivity contribution in [1.82, 2.24) is 10.2 Å². The average Bonchev–Trinajstić information content (AvgIpc) is 2.42. The number of phenols is 1. The second kappa shape index (κ2) is 8.69. The van der Waals surface area contributed by atoms with Crippen molar-refractivity contribution in [2.45, 2.75) is 25.3 Å². The predicted octanol–water partition coefficient (Wildman–Crippen LogP) is 3.88. The van der Waals surface area contributed by atoms with Crippen LogP contribution in [-0.4, -0.2) is 36.2 Å². The summed E-state index contributed by atoms with van der Waals surface area (Å²) in [5.74, 6) is 0.246. The van der Waals surface area contributed by atoms with Crippen molar-refractivity contribution in [3.05, 3.63) is 28.0 Å². The Kier molecular flexibility index (Phi) is 7.89. The lowest BCUT2D eigenvalue weighted by Crippen LogP contribution is -2.47. The fourth-order valence-electron chi connectivity index (χ4n) is 3.26. The van der Waals surface area contributed by atoms with E-state index in [-0.39, 0.29) is 41.1 Å². The smallest absolute Gasteiger partial charge is 0.141 e. The van der Waals surface area contributed by atoms with Crippen molar-refractivity contribution < 1.29 is 9.50 Å². The summed E-state index contributed by atoms with van der Waals surface area (Å²) in [4.78, 5) is 2.43. The molecule has 3 nitrogen and oxygen atoms in total. The number of aromatic hydroxyl groups is 1. The summed E-state index contributed by atoms with van der Waals surface area (Å²) >= 11 is 3.16. The van der Waals surface area contributed by atoms with Gasteiger partial charge in [-0.05, 0) is 40.8 Å². The average molecular weight is 416 g/mol. The molecule has 1 aliphatic carbocycles. The SMILES string of the molecule is Cl.Cl.Oc1c([C@@H](C2CCC2)N2CCNCC2)ccc(F)c1Br. The number of phenolic OH excluding ortho intramolecular Hbond substituents is 1. The minimum Gasteiger partial charge on any atom is -0.506 e. The molecular formula is C15H22BrCl2FN2O. The molecule has 1 saturated carbocycles. The number of benzene rings is 1. The number of nitrogens with zero attached hydrogens (tertiary/aromatic N) is 1. The van der Waals surface area contributed by atoms with Gasteiger partial charge in [-0.2, -0.15) is 0 Å². The molecule has 1 aliphatic heterocycles. The van der Waals surface area contributed by atoms with Gasteiger partial charge in [-0.15, -0.1) is 24.8 Å². The standard InChI is InChI=1S/C15H20BrFN2O.2ClH/c16-13-12(17)5-4-11(15(13)20)14(10-2-1-3-10)19-8-6-18-7-9-19;;/h4-5,10,14,18,20H,1-3,6-9H2;2*1H/t14-;;/m1../s1. The highest BCUT2D eigenvalue weighted by atomic mass is 79.9. The molecule has 0 radical (unpaired) electrons. The maximum absolute atomic E-state index is 13.5. The van der Waals surface area contributed by atoms with E-state index in [4.69, 9.17) is 0 Å². The van der Waals surface area contributed by atoms with Gasteiger partial charge in [-0.1, -0.05) is 12.5 Å². The maximum Gasteiger partial charge on any atom is 0.141 e. The topological polar surface area (TPSA) is 35.5 Å². The Bertz CT molecular complexity index is 497.